The number of anilines is 2. The minimum absolute atomic E-state index is 0.0304. The number of likely N-dealkylation sites (tertiary alicyclic amines) is 1. The Balaban J connectivity index is 1.97. The largest absolute Gasteiger partial charge is 0.397 e. The maximum atomic E-state index is 12.2. The molecule has 3 unspecified atom stereocenters. The van der Waals surface area contributed by atoms with Gasteiger partial charge in [-0.25, -0.2) is 0 Å². The molecule has 0 aliphatic carbocycles. The lowest BCUT2D eigenvalue weighted by molar-refractivity contribution is -0.118. The summed E-state index contributed by atoms with van der Waals surface area (Å²) in [7, 11) is 0. The quantitative estimate of drug-likeness (QED) is 0.843. The van der Waals surface area contributed by atoms with Crippen LogP contribution in [0.25, 0.3) is 0 Å². The molecule has 2 rings (SSSR count). The van der Waals surface area contributed by atoms with Crippen LogP contribution >= 0.6 is 11.6 Å². The predicted octanol–water partition coefficient (Wildman–Crippen LogP) is 3.23. The van der Waals surface area contributed by atoms with Gasteiger partial charge in [-0.2, -0.15) is 0 Å². The molecule has 3 N–H and O–H groups in total. The molecule has 0 radical (unpaired) electrons. The fourth-order valence-corrected chi connectivity index (χ4v) is 3.24. The highest BCUT2D eigenvalue weighted by Gasteiger charge is 2.29. The standard InChI is InChI=1S/C16H24ClN3O/c1-10-6-11(2)12(3)20(8-10)9-16(21)19-15-5-4-13(17)7-14(15)18/h4-5,7,10-12H,6,8-9,18H2,1-3H3,(H,19,21). The van der Waals surface area contributed by atoms with Crippen LogP contribution in [0, 0.1) is 11.8 Å². The van der Waals surface area contributed by atoms with Gasteiger partial charge in [0.25, 0.3) is 0 Å². The van der Waals surface area contributed by atoms with Gasteiger partial charge in [0.05, 0.1) is 17.9 Å². The monoisotopic (exact) mass is 309 g/mol. The summed E-state index contributed by atoms with van der Waals surface area (Å²) in [4.78, 5) is 14.5. The van der Waals surface area contributed by atoms with Gasteiger partial charge in [0, 0.05) is 17.6 Å². The number of nitrogens with one attached hydrogen (secondary N) is 1. The van der Waals surface area contributed by atoms with Gasteiger partial charge in [-0.15, -0.1) is 0 Å². The lowest BCUT2D eigenvalue weighted by Crippen LogP contribution is -2.48. The molecule has 1 aromatic rings. The molecule has 21 heavy (non-hydrogen) atoms. The van der Waals surface area contributed by atoms with Crippen molar-refractivity contribution in [3.8, 4) is 0 Å². The van der Waals surface area contributed by atoms with Crippen molar-refractivity contribution in [1.82, 2.24) is 4.90 Å². The third-order valence-electron chi connectivity index (χ3n) is 4.35. The van der Waals surface area contributed by atoms with E-state index in [9.17, 15) is 4.79 Å². The molecule has 1 aromatic carbocycles. The van der Waals surface area contributed by atoms with Crippen LogP contribution in [0.1, 0.15) is 27.2 Å². The van der Waals surface area contributed by atoms with Crippen LogP contribution in [0.2, 0.25) is 5.02 Å². The van der Waals surface area contributed by atoms with E-state index in [-0.39, 0.29) is 5.91 Å². The maximum Gasteiger partial charge on any atom is 0.238 e. The molecule has 0 spiro atoms. The summed E-state index contributed by atoms with van der Waals surface area (Å²) in [5.74, 6) is 1.21. The van der Waals surface area contributed by atoms with E-state index < -0.39 is 0 Å². The molecule has 5 heteroatoms. The highest BCUT2D eigenvalue weighted by atomic mass is 35.5. The van der Waals surface area contributed by atoms with Gasteiger partial charge in [-0.3, -0.25) is 9.69 Å². The van der Waals surface area contributed by atoms with Crippen LogP contribution < -0.4 is 11.1 Å². The molecular weight excluding hydrogens is 286 g/mol. The Kier molecular flexibility index (Phi) is 5.12. The topological polar surface area (TPSA) is 58.4 Å². The number of nitrogen functional groups attached to an aromatic ring is 1. The van der Waals surface area contributed by atoms with Crippen molar-refractivity contribution in [2.24, 2.45) is 11.8 Å². The smallest absolute Gasteiger partial charge is 0.238 e. The van der Waals surface area contributed by atoms with E-state index >= 15 is 0 Å². The molecule has 1 saturated heterocycles. The Labute approximate surface area is 131 Å². The van der Waals surface area contributed by atoms with Crippen LogP contribution in [0.4, 0.5) is 11.4 Å². The van der Waals surface area contributed by atoms with E-state index in [0.717, 1.165) is 6.54 Å². The van der Waals surface area contributed by atoms with Gasteiger partial charge in [0.15, 0.2) is 0 Å². The Morgan fingerprint density at radius 2 is 2.14 bits per heavy atom. The summed E-state index contributed by atoms with van der Waals surface area (Å²) >= 11 is 5.86. The maximum absolute atomic E-state index is 12.2. The molecule has 0 saturated carbocycles. The van der Waals surface area contributed by atoms with Crippen LogP contribution in [0.5, 0.6) is 0 Å². The number of rotatable bonds is 3. The number of piperidine rings is 1. The average molecular weight is 310 g/mol. The Morgan fingerprint density at radius 3 is 2.81 bits per heavy atom. The van der Waals surface area contributed by atoms with Gasteiger partial charge >= 0.3 is 0 Å². The lowest BCUT2D eigenvalue weighted by Gasteiger charge is -2.40. The fourth-order valence-electron chi connectivity index (χ4n) is 3.06. The number of carbonyl (C=O) groups excluding carboxylic acids is 1. The first-order valence-electron chi connectivity index (χ1n) is 7.45. The normalized spacial score (nSPS) is 26.6. The first-order chi connectivity index (χ1) is 9.86. The van der Waals surface area contributed by atoms with Gasteiger partial charge < -0.3 is 11.1 Å². The average Bonchev–Trinajstić information content (AvgIpc) is 2.38. The molecule has 3 atom stereocenters. The van der Waals surface area contributed by atoms with Crippen molar-refractivity contribution in [3.63, 3.8) is 0 Å². The first kappa shape index (κ1) is 16.1. The Bertz CT molecular complexity index is 520. The van der Waals surface area contributed by atoms with E-state index in [4.69, 9.17) is 17.3 Å². The van der Waals surface area contributed by atoms with Crippen LogP contribution in [0.3, 0.4) is 0 Å². The Morgan fingerprint density at radius 1 is 1.43 bits per heavy atom. The summed E-state index contributed by atoms with van der Waals surface area (Å²) in [5.41, 5.74) is 6.97. The molecule has 1 heterocycles. The second-order valence-corrected chi connectivity index (χ2v) is 6.70. The van der Waals surface area contributed by atoms with Crippen molar-refractivity contribution in [3.05, 3.63) is 23.2 Å². The minimum atomic E-state index is -0.0304. The van der Waals surface area contributed by atoms with E-state index in [1.807, 2.05) is 0 Å². The van der Waals surface area contributed by atoms with E-state index in [0.29, 0.717) is 40.8 Å². The highest BCUT2D eigenvalue weighted by molar-refractivity contribution is 6.31. The SMILES string of the molecule is CC1CC(C)C(C)N(CC(=O)Nc2ccc(Cl)cc2N)C1. The van der Waals surface area contributed by atoms with Crippen molar-refractivity contribution < 1.29 is 4.79 Å². The number of nitrogens with two attached hydrogens (primary N) is 1. The van der Waals surface area contributed by atoms with E-state index in [1.54, 1.807) is 18.2 Å². The number of halogens is 1. The van der Waals surface area contributed by atoms with Crippen molar-refractivity contribution in [2.75, 3.05) is 24.1 Å². The molecule has 1 aliphatic rings. The molecule has 1 aliphatic heterocycles. The summed E-state index contributed by atoms with van der Waals surface area (Å²) in [6.07, 6.45) is 1.23. The number of hydrogen-bond acceptors (Lipinski definition) is 3. The molecule has 0 bridgehead atoms. The third-order valence-corrected chi connectivity index (χ3v) is 4.59. The summed E-state index contributed by atoms with van der Waals surface area (Å²) in [5, 5.41) is 3.44. The van der Waals surface area contributed by atoms with Crippen LogP contribution in [0.15, 0.2) is 18.2 Å². The lowest BCUT2D eigenvalue weighted by atomic mass is 9.86. The number of benzene rings is 1. The van der Waals surface area contributed by atoms with Crippen LogP contribution in [-0.2, 0) is 4.79 Å². The third kappa shape index (κ3) is 4.11. The number of carbonyl (C=O) groups is 1. The molecular formula is C16H24ClN3O. The van der Waals surface area contributed by atoms with Crippen LogP contribution in [-0.4, -0.2) is 29.9 Å². The van der Waals surface area contributed by atoms with Crippen molar-refractivity contribution >= 4 is 28.9 Å². The van der Waals surface area contributed by atoms with E-state index in [1.165, 1.54) is 6.42 Å². The molecule has 116 valence electrons. The number of nitrogens with zero attached hydrogens (tertiary/aromatic N) is 1. The fraction of sp³-hybridized carbons (Fsp3) is 0.562. The minimum Gasteiger partial charge on any atom is -0.397 e. The second-order valence-electron chi connectivity index (χ2n) is 6.27. The molecule has 1 fully saturated rings. The number of hydrogen-bond donors (Lipinski definition) is 2. The zero-order valence-corrected chi connectivity index (χ0v) is 13.7. The summed E-state index contributed by atoms with van der Waals surface area (Å²) in [6, 6.07) is 5.53. The molecule has 1 amide bonds. The molecule has 0 aromatic heterocycles. The van der Waals surface area contributed by atoms with Gasteiger partial charge in [0.2, 0.25) is 5.91 Å². The number of amides is 1. The predicted molar refractivity (Wildman–Crippen MR) is 88.5 cm³/mol. The van der Waals surface area contributed by atoms with Gasteiger partial charge in [-0.1, -0.05) is 25.4 Å². The first-order valence-corrected chi connectivity index (χ1v) is 7.83. The van der Waals surface area contributed by atoms with E-state index in [2.05, 4.69) is 31.0 Å². The summed E-state index contributed by atoms with van der Waals surface area (Å²) < 4.78 is 0. The summed E-state index contributed by atoms with van der Waals surface area (Å²) in [6.45, 7) is 8.06. The zero-order valence-electron chi connectivity index (χ0n) is 12.9. The molecule has 4 nitrogen and oxygen atoms in total. The van der Waals surface area contributed by atoms with Crippen molar-refractivity contribution in [2.45, 2.75) is 33.2 Å². The van der Waals surface area contributed by atoms with Gasteiger partial charge in [-0.05, 0) is 43.4 Å². The van der Waals surface area contributed by atoms with Crippen molar-refractivity contribution in [1.29, 1.82) is 0 Å². The Hall–Kier alpha value is -1.26. The second kappa shape index (κ2) is 6.67. The highest BCUT2D eigenvalue weighted by Crippen LogP contribution is 2.27. The van der Waals surface area contributed by atoms with Gasteiger partial charge in [0.1, 0.15) is 0 Å². The zero-order chi connectivity index (χ0) is 15.6.